The molecule has 0 aromatic rings. The summed E-state index contributed by atoms with van der Waals surface area (Å²) in [6.45, 7) is 6.25. The number of hydrogen-bond donors (Lipinski definition) is 2. The first-order chi connectivity index (χ1) is 11.4. The highest BCUT2D eigenvalue weighted by Crippen LogP contribution is 2.20. The van der Waals surface area contributed by atoms with Crippen LogP contribution in [0.2, 0.25) is 0 Å². The quantitative estimate of drug-likeness (QED) is 0.214. The van der Waals surface area contributed by atoms with Crippen LogP contribution < -0.4 is 10.6 Å². The van der Waals surface area contributed by atoms with Crippen LogP contribution in [0.4, 0.5) is 0 Å². The van der Waals surface area contributed by atoms with Crippen molar-refractivity contribution in [2.45, 2.75) is 70.9 Å². The van der Waals surface area contributed by atoms with E-state index in [1.54, 1.807) is 0 Å². The fourth-order valence-electron chi connectivity index (χ4n) is 2.75. The van der Waals surface area contributed by atoms with Crippen LogP contribution in [0.5, 0.6) is 0 Å². The lowest BCUT2D eigenvalue weighted by Gasteiger charge is -2.21. The maximum Gasteiger partial charge on any atom is 0.191 e. The molecular formula is C17H36IN3O3S. The van der Waals surface area contributed by atoms with E-state index in [1.807, 2.05) is 13.8 Å². The van der Waals surface area contributed by atoms with Crippen molar-refractivity contribution in [3.8, 4) is 0 Å². The van der Waals surface area contributed by atoms with E-state index >= 15 is 0 Å². The first kappa shape index (κ1) is 24.9. The minimum atomic E-state index is -2.92. The fourth-order valence-corrected chi connectivity index (χ4v) is 3.54. The van der Waals surface area contributed by atoms with Gasteiger partial charge in [-0.1, -0.05) is 19.3 Å². The van der Waals surface area contributed by atoms with Crippen LogP contribution >= 0.6 is 24.0 Å². The third-order valence-corrected chi connectivity index (χ3v) is 5.10. The molecule has 1 fully saturated rings. The molecular weight excluding hydrogens is 453 g/mol. The van der Waals surface area contributed by atoms with Crippen LogP contribution in [0, 0.1) is 0 Å². The summed E-state index contributed by atoms with van der Waals surface area (Å²) in [6.07, 6.45) is 9.54. The van der Waals surface area contributed by atoms with Gasteiger partial charge in [-0.3, -0.25) is 4.99 Å². The Morgan fingerprint density at radius 3 is 2.56 bits per heavy atom. The van der Waals surface area contributed by atoms with E-state index in [9.17, 15) is 8.42 Å². The molecule has 0 radical (unpaired) electrons. The van der Waals surface area contributed by atoms with Gasteiger partial charge in [0.25, 0.3) is 0 Å². The number of rotatable bonds is 10. The largest absolute Gasteiger partial charge is 0.378 e. The van der Waals surface area contributed by atoms with Crippen molar-refractivity contribution < 1.29 is 13.2 Å². The topological polar surface area (TPSA) is 79.8 Å². The van der Waals surface area contributed by atoms with Crippen LogP contribution in [0.25, 0.3) is 0 Å². The van der Waals surface area contributed by atoms with E-state index in [1.165, 1.54) is 38.4 Å². The molecule has 1 unspecified atom stereocenters. The van der Waals surface area contributed by atoms with E-state index in [4.69, 9.17) is 4.74 Å². The van der Waals surface area contributed by atoms with Crippen molar-refractivity contribution in [1.82, 2.24) is 10.6 Å². The molecule has 0 bridgehead atoms. The molecule has 2 N–H and O–H groups in total. The molecule has 0 spiro atoms. The number of nitrogens with one attached hydrogen (secondary N) is 2. The highest BCUT2D eigenvalue weighted by atomic mass is 127. The average molecular weight is 489 g/mol. The third kappa shape index (κ3) is 13.7. The van der Waals surface area contributed by atoms with Crippen molar-refractivity contribution in [3.05, 3.63) is 0 Å². The Morgan fingerprint density at radius 1 is 1.28 bits per heavy atom. The molecule has 0 heterocycles. The van der Waals surface area contributed by atoms with Crippen LogP contribution in [0.3, 0.4) is 0 Å². The van der Waals surface area contributed by atoms with E-state index in [2.05, 4.69) is 15.6 Å². The molecule has 1 aliphatic rings. The number of nitrogens with zero attached hydrogens (tertiary/aromatic N) is 1. The molecule has 150 valence electrons. The molecule has 0 saturated heterocycles. The summed E-state index contributed by atoms with van der Waals surface area (Å²) < 4.78 is 28.4. The Morgan fingerprint density at radius 2 is 1.96 bits per heavy atom. The standard InChI is InChI=1S/C17H35N3O3S.HI/c1-4-18-17(20-15(2)11-14-24(3,21)22)19-12-8-13-23-16-9-6-5-7-10-16;/h15-16H,4-14H2,1-3H3,(H2,18,19,20);1H. The number of hydrogen-bond acceptors (Lipinski definition) is 4. The highest BCUT2D eigenvalue weighted by Gasteiger charge is 2.13. The van der Waals surface area contributed by atoms with Gasteiger partial charge in [0.2, 0.25) is 0 Å². The molecule has 6 nitrogen and oxygen atoms in total. The van der Waals surface area contributed by atoms with Gasteiger partial charge >= 0.3 is 0 Å². The van der Waals surface area contributed by atoms with Crippen molar-refractivity contribution in [2.24, 2.45) is 4.99 Å². The van der Waals surface area contributed by atoms with Crippen LogP contribution in [0.1, 0.15) is 58.8 Å². The Balaban J connectivity index is 0.00000576. The van der Waals surface area contributed by atoms with E-state index < -0.39 is 9.84 Å². The molecule has 1 atom stereocenters. The summed E-state index contributed by atoms with van der Waals surface area (Å²) in [5.41, 5.74) is 0. The lowest BCUT2D eigenvalue weighted by molar-refractivity contribution is 0.0281. The van der Waals surface area contributed by atoms with Gasteiger partial charge in [0.15, 0.2) is 5.96 Å². The molecule has 8 heteroatoms. The van der Waals surface area contributed by atoms with Gasteiger partial charge in [-0.15, -0.1) is 24.0 Å². The number of ether oxygens (including phenoxy) is 1. The summed E-state index contributed by atoms with van der Waals surface area (Å²) in [4.78, 5) is 4.55. The zero-order valence-electron chi connectivity index (χ0n) is 15.9. The predicted molar refractivity (Wildman–Crippen MR) is 116 cm³/mol. The third-order valence-electron chi connectivity index (χ3n) is 4.13. The Hall–Kier alpha value is -0.0900. The SMILES string of the molecule is CCNC(=NCCCOC1CCCCC1)NC(C)CCS(C)(=O)=O.I. The molecule has 0 amide bonds. The molecule has 1 saturated carbocycles. The normalized spacial score (nSPS) is 17.6. The Labute approximate surface area is 170 Å². The summed E-state index contributed by atoms with van der Waals surface area (Å²) in [5.74, 6) is 0.937. The van der Waals surface area contributed by atoms with E-state index in [0.29, 0.717) is 19.1 Å². The zero-order valence-corrected chi connectivity index (χ0v) is 19.1. The van der Waals surface area contributed by atoms with Gasteiger partial charge in [0, 0.05) is 32.0 Å². The fraction of sp³-hybridized carbons (Fsp3) is 0.941. The molecule has 0 aromatic carbocycles. The highest BCUT2D eigenvalue weighted by molar-refractivity contribution is 14.0. The smallest absolute Gasteiger partial charge is 0.191 e. The number of aliphatic imine (C=N–C) groups is 1. The monoisotopic (exact) mass is 489 g/mol. The van der Waals surface area contributed by atoms with Crippen molar-refractivity contribution in [2.75, 3.05) is 31.7 Å². The average Bonchev–Trinajstić information content (AvgIpc) is 2.53. The second kappa shape index (κ2) is 14.0. The number of sulfone groups is 1. The van der Waals surface area contributed by atoms with Crippen molar-refractivity contribution in [1.29, 1.82) is 0 Å². The summed E-state index contributed by atoms with van der Waals surface area (Å²) >= 11 is 0. The Bertz CT molecular complexity index is 466. The van der Waals surface area contributed by atoms with E-state index in [-0.39, 0.29) is 35.8 Å². The summed E-state index contributed by atoms with van der Waals surface area (Å²) in [7, 11) is -2.92. The van der Waals surface area contributed by atoms with Gasteiger partial charge in [0.05, 0.1) is 11.9 Å². The van der Waals surface area contributed by atoms with Gasteiger partial charge in [-0.05, 0) is 39.5 Å². The van der Waals surface area contributed by atoms with Gasteiger partial charge in [0.1, 0.15) is 9.84 Å². The lowest BCUT2D eigenvalue weighted by atomic mass is 9.98. The van der Waals surface area contributed by atoms with Crippen LogP contribution in [-0.2, 0) is 14.6 Å². The van der Waals surface area contributed by atoms with Crippen LogP contribution in [0.15, 0.2) is 4.99 Å². The zero-order chi connectivity index (χ0) is 17.8. The van der Waals surface area contributed by atoms with Crippen molar-refractivity contribution in [3.63, 3.8) is 0 Å². The Kier molecular flexibility index (Phi) is 14.0. The molecule has 25 heavy (non-hydrogen) atoms. The summed E-state index contributed by atoms with van der Waals surface area (Å²) in [5, 5.41) is 6.46. The van der Waals surface area contributed by atoms with Crippen LogP contribution in [-0.4, -0.2) is 58.2 Å². The lowest BCUT2D eigenvalue weighted by Crippen LogP contribution is -2.43. The maximum atomic E-state index is 11.2. The van der Waals surface area contributed by atoms with Gasteiger partial charge in [-0.25, -0.2) is 8.42 Å². The summed E-state index contributed by atoms with van der Waals surface area (Å²) in [6, 6.07) is 0.0658. The molecule has 1 aliphatic carbocycles. The minimum absolute atomic E-state index is 0. The first-order valence-electron chi connectivity index (χ1n) is 9.25. The first-order valence-corrected chi connectivity index (χ1v) is 11.3. The second-order valence-corrected chi connectivity index (χ2v) is 8.97. The predicted octanol–water partition coefficient (Wildman–Crippen LogP) is 2.72. The van der Waals surface area contributed by atoms with Crippen molar-refractivity contribution >= 4 is 39.8 Å². The maximum absolute atomic E-state index is 11.2. The van der Waals surface area contributed by atoms with E-state index in [0.717, 1.165) is 25.5 Å². The minimum Gasteiger partial charge on any atom is -0.378 e. The second-order valence-electron chi connectivity index (χ2n) is 6.71. The molecule has 1 rings (SSSR count). The van der Waals surface area contributed by atoms with Gasteiger partial charge < -0.3 is 15.4 Å². The van der Waals surface area contributed by atoms with Gasteiger partial charge in [-0.2, -0.15) is 0 Å². The molecule has 0 aromatic heterocycles. The molecule has 0 aliphatic heterocycles. The number of guanidine groups is 1. The number of halogens is 1.